The van der Waals surface area contributed by atoms with Crippen molar-refractivity contribution in [3.05, 3.63) is 53.1 Å². The Morgan fingerprint density at radius 3 is 2.88 bits per heavy atom. The monoisotopic (exact) mass is 375 g/mol. The maximum atomic E-state index is 12.0. The van der Waals surface area contributed by atoms with Crippen LogP contribution in [0.3, 0.4) is 0 Å². The van der Waals surface area contributed by atoms with Gasteiger partial charge in [-0.3, -0.25) is 9.59 Å². The lowest BCUT2D eigenvalue weighted by Gasteiger charge is -2.13. The largest absolute Gasteiger partial charge is 0.480 e. The number of nitrogens with zero attached hydrogens (tertiary/aromatic N) is 1. The molecule has 0 aliphatic carbocycles. The van der Waals surface area contributed by atoms with Gasteiger partial charge in [-0.15, -0.1) is 6.58 Å². The average Bonchev–Trinajstić information content (AvgIpc) is 2.62. The average molecular weight is 375 g/mol. The smallest absolute Gasteiger partial charge is 0.326 e. The zero-order valence-electron chi connectivity index (χ0n) is 14.2. The molecule has 1 atom stereocenters. The van der Waals surface area contributed by atoms with Gasteiger partial charge < -0.3 is 15.4 Å². The summed E-state index contributed by atoms with van der Waals surface area (Å²) in [5.74, 6) is 0.149. The van der Waals surface area contributed by atoms with Crippen LogP contribution >= 0.6 is 11.8 Å². The van der Waals surface area contributed by atoms with Crippen molar-refractivity contribution < 1.29 is 14.7 Å². The maximum Gasteiger partial charge on any atom is 0.326 e. The lowest BCUT2D eigenvalue weighted by atomic mass is 10.1. The molecule has 0 fully saturated rings. The van der Waals surface area contributed by atoms with Gasteiger partial charge in [0.05, 0.1) is 16.7 Å². The van der Waals surface area contributed by atoms with E-state index in [1.165, 1.54) is 11.8 Å². The second-order valence-corrected chi connectivity index (χ2v) is 6.76. The molecule has 138 valence electrons. The van der Waals surface area contributed by atoms with Gasteiger partial charge in [0.2, 0.25) is 5.91 Å². The minimum atomic E-state index is -1.05. The number of H-pyrrole nitrogens is 1. The highest BCUT2D eigenvalue weighted by Gasteiger charge is 2.18. The Morgan fingerprint density at radius 1 is 1.38 bits per heavy atom. The predicted octanol–water partition coefficient (Wildman–Crippen LogP) is 2.08. The number of nitrogens with one attached hydrogen (secondary N) is 2. The zero-order chi connectivity index (χ0) is 18.9. The SMILES string of the molecule is C=CCCC(NC(=O)CCSCc1nc2ccccc2c(=O)[nH]1)C(=O)O. The molecule has 0 spiro atoms. The van der Waals surface area contributed by atoms with Crippen molar-refractivity contribution in [2.75, 3.05) is 5.75 Å². The van der Waals surface area contributed by atoms with Gasteiger partial charge in [-0.1, -0.05) is 18.2 Å². The van der Waals surface area contributed by atoms with Crippen LogP contribution in [-0.2, 0) is 15.3 Å². The number of fused-ring (bicyclic) bond motifs is 1. The molecule has 8 heteroatoms. The fraction of sp³-hybridized carbons (Fsp3) is 0.333. The molecule has 0 aliphatic rings. The number of carbonyl (C=O) groups is 2. The molecule has 1 unspecified atom stereocenters. The van der Waals surface area contributed by atoms with Gasteiger partial charge in [0, 0.05) is 12.2 Å². The van der Waals surface area contributed by atoms with Gasteiger partial charge in [0.15, 0.2) is 0 Å². The fourth-order valence-corrected chi connectivity index (χ4v) is 3.15. The molecule has 1 amide bonds. The molecule has 0 bridgehead atoms. The first-order valence-corrected chi connectivity index (χ1v) is 9.35. The lowest BCUT2D eigenvalue weighted by molar-refractivity contribution is -0.141. The molecule has 2 aromatic rings. The summed E-state index contributed by atoms with van der Waals surface area (Å²) in [5, 5.41) is 12.1. The number of amides is 1. The number of allylic oxidation sites excluding steroid dienone is 1. The molecule has 1 heterocycles. The molecule has 3 N–H and O–H groups in total. The Labute approximate surface area is 154 Å². The molecule has 7 nitrogen and oxygen atoms in total. The normalized spacial score (nSPS) is 11.8. The number of aromatic amines is 1. The number of rotatable bonds is 10. The van der Waals surface area contributed by atoms with Gasteiger partial charge in [-0.05, 0) is 25.0 Å². The molecule has 0 saturated heterocycles. The third-order valence-electron chi connectivity index (χ3n) is 3.67. The number of carboxylic acids is 1. The number of hydrogen-bond acceptors (Lipinski definition) is 5. The van der Waals surface area contributed by atoms with E-state index in [1.54, 1.807) is 24.3 Å². The molecular weight excluding hydrogens is 354 g/mol. The molecule has 1 aromatic heterocycles. The predicted molar refractivity (Wildman–Crippen MR) is 102 cm³/mol. The van der Waals surface area contributed by atoms with E-state index in [0.29, 0.717) is 41.1 Å². The van der Waals surface area contributed by atoms with Crippen LogP contribution in [0.25, 0.3) is 10.9 Å². The van der Waals surface area contributed by atoms with Gasteiger partial charge in [0.25, 0.3) is 5.56 Å². The summed E-state index contributed by atoms with van der Waals surface area (Å²) in [7, 11) is 0. The van der Waals surface area contributed by atoms with E-state index in [-0.39, 0.29) is 17.9 Å². The van der Waals surface area contributed by atoms with Crippen molar-refractivity contribution >= 4 is 34.5 Å². The third-order valence-corrected chi connectivity index (χ3v) is 4.64. The van der Waals surface area contributed by atoms with Crippen LogP contribution in [0.15, 0.2) is 41.7 Å². The summed E-state index contributed by atoms with van der Waals surface area (Å²) in [6.45, 7) is 3.55. The molecule has 0 aliphatic heterocycles. The summed E-state index contributed by atoms with van der Waals surface area (Å²) in [6.07, 6.45) is 2.66. The van der Waals surface area contributed by atoms with E-state index in [4.69, 9.17) is 5.11 Å². The van der Waals surface area contributed by atoms with Crippen LogP contribution in [-0.4, -0.2) is 38.7 Å². The van der Waals surface area contributed by atoms with Crippen LogP contribution in [0.4, 0.5) is 0 Å². The van der Waals surface area contributed by atoms with Gasteiger partial charge in [-0.25, -0.2) is 9.78 Å². The van der Waals surface area contributed by atoms with E-state index in [2.05, 4.69) is 21.9 Å². The highest BCUT2D eigenvalue weighted by Crippen LogP contribution is 2.12. The Hall–Kier alpha value is -2.61. The van der Waals surface area contributed by atoms with Crippen molar-refractivity contribution in [1.29, 1.82) is 0 Å². The van der Waals surface area contributed by atoms with Crippen molar-refractivity contribution in [3.8, 4) is 0 Å². The number of carboxylic acid groups (broad SMARTS) is 1. The Kier molecular flexibility index (Phi) is 7.40. The van der Waals surface area contributed by atoms with Crippen LogP contribution in [0, 0.1) is 0 Å². The van der Waals surface area contributed by atoms with Crippen molar-refractivity contribution in [1.82, 2.24) is 15.3 Å². The summed E-state index contributed by atoms with van der Waals surface area (Å²) in [6, 6.07) is 6.20. The zero-order valence-corrected chi connectivity index (χ0v) is 15.1. The highest BCUT2D eigenvalue weighted by atomic mass is 32.2. The van der Waals surface area contributed by atoms with E-state index >= 15 is 0 Å². The van der Waals surface area contributed by atoms with Gasteiger partial charge >= 0.3 is 5.97 Å². The molecule has 1 aromatic carbocycles. The van der Waals surface area contributed by atoms with E-state index in [1.807, 2.05) is 6.07 Å². The Morgan fingerprint density at radius 2 is 2.15 bits per heavy atom. The Balaban J connectivity index is 1.81. The number of para-hydroxylation sites is 1. The minimum Gasteiger partial charge on any atom is -0.480 e. The summed E-state index contributed by atoms with van der Waals surface area (Å²) in [5.41, 5.74) is 0.451. The van der Waals surface area contributed by atoms with Crippen LogP contribution < -0.4 is 10.9 Å². The first kappa shape index (κ1) is 19.7. The third kappa shape index (κ3) is 5.73. The van der Waals surface area contributed by atoms with Crippen molar-refractivity contribution in [2.45, 2.75) is 31.1 Å². The molecule has 2 rings (SSSR count). The topological polar surface area (TPSA) is 112 Å². The second kappa shape index (κ2) is 9.76. The lowest BCUT2D eigenvalue weighted by Crippen LogP contribution is -2.40. The van der Waals surface area contributed by atoms with Crippen LogP contribution in [0.2, 0.25) is 0 Å². The van der Waals surface area contributed by atoms with E-state index in [9.17, 15) is 14.4 Å². The second-order valence-electron chi connectivity index (χ2n) is 5.66. The number of benzene rings is 1. The van der Waals surface area contributed by atoms with Gasteiger partial charge in [0.1, 0.15) is 11.9 Å². The number of carbonyl (C=O) groups excluding carboxylic acids is 1. The Bertz CT molecular complexity index is 850. The summed E-state index contributed by atoms with van der Waals surface area (Å²) in [4.78, 5) is 42.1. The molecule has 0 radical (unpaired) electrons. The quantitative estimate of drug-likeness (QED) is 0.433. The standard InChI is InChI=1S/C18H21N3O4S/c1-2-3-7-14(18(24)25)20-16(22)9-10-26-11-15-19-13-8-5-4-6-12(13)17(23)21-15/h2,4-6,8,14H,1,3,7,9-11H2,(H,20,22)(H,24,25)(H,19,21,23). The summed E-state index contributed by atoms with van der Waals surface area (Å²) >= 11 is 1.45. The van der Waals surface area contributed by atoms with Gasteiger partial charge in [-0.2, -0.15) is 11.8 Å². The fourth-order valence-electron chi connectivity index (χ4n) is 2.35. The van der Waals surface area contributed by atoms with Crippen LogP contribution in [0.1, 0.15) is 25.1 Å². The van der Waals surface area contributed by atoms with E-state index < -0.39 is 12.0 Å². The van der Waals surface area contributed by atoms with Crippen LogP contribution in [0.5, 0.6) is 0 Å². The van der Waals surface area contributed by atoms with E-state index in [0.717, 1.165) is 0 Å². The number of hydrogen-bond donors (Lipinski definition) is 3. The highest BCUT2D eigenvalue weighted by molar-refractivity contribution is 7.98. The molecule has 26 heavy (non-hydrogen) atoms. The number of aliphatic carboxylic acids is 1. The van der Waals surface area contributed by atoms with Crippen molar-refractivity contribution in [2.24, 2.45) is 0 Å². The number of thioether (sulfide) groups is 1. The molecular formula is C18H21N3O4S. The minimum absolute atomic E-state index is 0.185. The first-order chi connectivity index (χ1) is 12.5. The first-order valence-electron chi connectivity index (χ1n) is 8.20. The van der Waals surface area contributed by atoms with Crippen molar-refractivity contribution in [3.63, 3.8) is 0 Å². The number of aromatic nitrogens is 2. The maximum absolute atomic E-state index is 12.0. The molecule has 0 saturated carbocycles. The summed E-state index contributed by atoms with van der Waals surface area (Å²) < 4.78 is 0.